The number of nitrogen functional groups attached to an aromatic ring is 1. The van der Waals surface area contributed by atoms with Gasteiger partial charge in [-0.15, -0.1) is 0 Å². The highest BCUT2D eigenvalue weighted by atomic mass is 32.2. The van der Waals surface area contributed by atoms with E-state index in [4.69, 9.17) is 5.73 Å². The maximum Gasteiger partial charge on any atom is 0.240 e. The number of sulfonamides is 1. The van der Waals surface area contributed by atoms with Crippen LogP contribution in [0.1, 0.15) is 31.2 Å². The molecule has 0 unspecified atom stereocenters. The lowest BCUT2D eigenvalue weighted by Gasteiger charge is -2.26. The number of rotatable bonds is 6. The second-order valence-electron chi connectivity index (χ2n) is 5.68. The molecule has 1 fully saturated rings. The summed E-state index contributed by atoms with van der Waals surface area (Å²) in [6.45, 7) is 5.48. The monoisotopic (exact) mass is 311 g/mol. The van der Waals surface area contributed by atoms with Gasteiger partial charge in [0, 0.05) is 12.2 Å². The van der Waals surface area contributed by atoms with E-state index in [9.17, 15) is 8.42 Å². The Labute approximate surface area is 127 Å². The van der Waals surface area contributed by atoms with Gasteiger partial charge in [0.05, 0.1) is 4.90 Å². The Hall–Kier alpha value is -1.11. The van der Waals surface area contributed by atoms with Gasteiger partial charge in [-0.05, 0) is 63.5 Å². The number of aryl methyl sites for hydroxylation is 1. The maximum atomic E-state index is 12.3. The molecule has 1 heterocycles. The van der Waals surface area contributed by atoms with Crippen LogP contribution in [-0.2, 0) is 10.0 Å². The van der Waals surface area contributed by atoms with Crippen molar-refractivity contribution in [3.63, 3.8) is 0 Å². The molecule has 1 aromatic rings. The van der Waals surface area contributed by atoms with Crippen molar-refractivity contribution in [2.45, 2.75) is 37.5 Å². The Balaban J connectivity index is 1.85. The Morgan fingerprint density at radius 3 is 2.67 bits per heavy atom. The first kappa shape index (κ1) is 16.3. The average Bonchev–Trinajstić information content (AvgIpc) is 2.47. The molecule has 5 nitrogen and oxygen atoms in total. The van der Waals surface area contributed by atoms with Crippen LogP contribution in [0, 0.1) is 6.92 Å². The molecule has 0 saturated carbocycles. The first-order valence-corrected chi connectivity index (χ1v) is 9.05. The van der Waals surface area contributed by atoms with Crippen LogP contribution in [0.3, 0.4) is 0 Å². The van der Waals surface area contributed by atoms with E-state index in [2.05, 4.69) is 9.62 Å². The van der Waals surface area contributed by atoms with Gasteiger partial charge in [-0.2, -0.15) is 0 Å². The molecule has 0 aliphatic carbocycles. The molecule has 2 rings (SSSR count). The highest BCUT2D eigenvalue weighted by molar-refractivity contribution is 7.89. The highest BCUT2D eigenvalue weighted by Gasteiger charge is 2.17. The zero-order valence-corrected chi connectivity index (χ0v) is 13.5. The van der Waals surface area contributed by atoms with E-state index in [1.54, 1.807) is 19.1 Å². The molecule has 6 heteroatoms. The smallest absolute Gasteiger partial charge is 0.240 e. The normalized spacial score (nSPS) is 17.0. The van der Waals surface area contributed by atoms with Crippen LogP contribution in [0.15, 0.2) is 23.1 Å². The lowest BCUT2D eigenvalue weighted by molar-refractivity contribution is 0.227. The second-order valence-corrected chi connectivity index (χ2v) is 7.41. The molecular formula is C15H25N3O2S. The number of anilines is 1. The van der Waals surface area contributed by atoms with Crippen LogP contribution in [0.2, 0.25) is 0 Å². The summed E-state index contributed by atoms with van der Waals surface area (Å²) in [5.41, 5.74) is 6.86. The van der Waals surface area contributed by atoms with E-state index in [-0.39, 0.29) is 4.90 Å². The minimum atomic E-state index is -3.46. The van der Waals surface area contributed by atoms with Gasteiger partial charge < -0.3 is 10.6 Å². The Morgan fingerprint density at radius 2 is 1.95 bits per heavy atom. The molecule has 1 aliphatic heterocycles. The number of nitrogens with two attached hydrogens (primary N) is 1. The fourth-order valence-corrected chi connectivity index (χ4v) is 4.03. The number of hydrogen-bond donors (Lipinski definition) is 2. The first-order valence-electron chi connectivity index (χ1n) is 7.57. The largest absolute Gasteiger partial charge is 0.399 e. The van der Waals surface area contributed by atoms with Crippen molar-refractivity contribution < 1.29 is 8.42 Å². The number of nitrogens with one attached hydrogen (secondary N) is 1. The Bertz CT molecular complexity index is 566. The van der Waals surface area contributed by atoms with E-state index in [1.807, 2.05) is 0 Å². The Kier molecular flexibility index (Phi) is 5.61. The van der Waals surface area contributed by atoms with Crippen LogP contribution in [0.4, 0.5) is 5.69 Å². The molecule has 0 aromatic heterocycles. The van der Waals surface area contributed by atoms with Gasteiger partial charge in [0.1, 0.15) is 0 Å². The minimum Gasteiger partial charge on any atom is -0.399 e. The molecule has 1 aliphatic rings. The van der Waals surface area contributed by atoms with Crippen molar-refractivity contribution in [2.24, 2.45) is 0 Å². The predicted octanol–water partition coefficient (Wildman–Crippen LogP) is 1.73. The highest BCUT2D eigenvalue weighted by Crippen LogP contribution is 2.18. The molecule has 0 amide bonds. The van der Waals surface area contributed by atoms with Crippen molar-refractivity contribution in [3.8, 4) is 0 Å². The van der Waals surface area contributed by atoms with Crippen molar-refractivity contribution in [1.82, 2.24) is 9.62 Å². The van der Waals surface area contributed by atoms with Crippen molar-refractivity contribution in [2.75, 3.05) is 31.9 Å². The van der Waals surface area contributed by atoms with Gasteiger partial charge in [-0.25, -0.2) is 13.1 Å². The molecular weight excluding hydrogens is 286 g/mol. The number of benzene rings is 1. The summed E-state index contributed by atoms with van der Waals surface area (Å²) in [5.74, 6) is 0. The van der Waals surface area contributed by atoms with Gasteiger partial charge in [0.15, 0.2) is 0 Å². The maximum absolute atomic E-state index is 12.3. The van der Waals surface area contributed by atoms with Crippen LogP contribution in [0.25, 0.3) is 0 Å². The summed E-state index contributed by atoms with van der Waals surface area (Å²) in [7, 11) is -3.46. The molecule has 0 bridgehead atoms. The van der Waals surface area contributed by atoms with Crippen LogP contribution in [-0.4, -0.2) is 39.5 Å². The topological polar surface area (TPSA) is 75.4 Å². The zero-order valence-electron chi connectivity index (χ0n) is 12.6. The third-order valence-corrected chi connectivity index (χ3v) is 5.50. The fourth-order valence-electron chi connectivity index (χ4n) is 2.68. The SMILES string of the molecule is Cc1ccc(N)cc1S(=O)(=O)NCCCN1CCCCC1. The standard InChI is InChI=1S/C15H25N3O2S/c1-13-6-7-14(16)12-15(13)21(19,20)17-8-5-11-18-9-3-2-4-10-18/h6-7,12,17H,2-5,8-11,16H2,1H3. The number of likely N-dealkylation sites (tertiary alicyclic amines) is 1. The molecule has 3 N–H and O–H groups in total. The van der Waals surface area contributed by atoms with Gasteiger partial charge in [-0.3, -0.25) is 0 Å². The summed E-state index contributed by atoms with van der Waals surface area (Å²) in [5, 5.41) is 0. The predicted molar refractivity (Wildman–Crippen MR) is 85.7 cm³/mol. The van der Waals surface area contributed by atoms with E-state index in [1.165, 1.54) is 25.3 Å². The summed E-state index contributed by atoms with van der Waals surface area (Å²) in [6, 6.07) is 4.96. The molecule has 1 aromatic carbocycles. The lowest BCUT2D eigenvalue weighted by Crippen LogP contribution is -2.33. The van der Waals surface area contributed by atoms with Gasteiger partial charge in [-0.1, -0.05) is 12.5 Å². The molecule has 0 radical (unpaired) electrons. The summed E-state index contributed by atoms with van der Waals surface area (Å²) < 4.78 is 27.2. The van der Waals surface area contributed by atoms with Crippen LogP contribution in [0.5, 0.6) is 0 Å². The molecule has 1 saturated heterocycles. The first-order chi connectivity index (χ1) is 9.99. The van der Waals surface area contributed by atoms with E-state index < -0.39 is 10.0 Å². The molecule has 21 heavy (non-hydrogen) atoms. The summed E-state index contributed by atoms with van der Waals surface area (Å²) in [6.07, 6.45) is 4.67. The van der Waals surface area contributed by atoms with E-state index >= 15 is 0 Å². The summed E-state index contributed by atoms with van der Waals surface area (Å²) >= 11 is 0. The van der Waals surface area contributed by atoms with E-state index in [0.717, 1.165) is 26.1 Å². The third kappa shape index (κ3) is 4.69. The molecule has 118 valence electrons. The number of nitrogens with zero attached hydrogens (tertiary/aromatic N) is 1. The van der Waals surface area contributed by atoms with Gasteiger partial charge >= 0.3 is 0 Å². The van der Waals surface area contributed by atoms with Crippen molar-refractivity contribution in [1.29, 1.82) is 0 Å². The third-order valence-electron chi connectivity index (χ3n) is 3.89. The molecule has 0 atom stereocenters. The zero-order chi connectivity index (χ0) is 15.3. The average molecular weight is 311 g/mol. The number of hydrogen-bond acceptors (Lipinski definition) is 4. The second kappa shape index (κ2) is 7.24. The van der Waals surface area contributed by atoms with Gasteiger partial charge in [0.25, 0.3) is 0 Å². The summed E-state index contributed by atoms with van der Waals surface area (Å²) in [4.78, 5) is 2.68. The Morgan fingerprint density at radius 1 is 1.24 bits per heavy atom. The van der Waals surface area contributed by atoms with Crippen LogP contribution < -0.4 is 10.5 Å². The lowest BCUT2D eigenvalue weighted by atomic mass is 10.1. The number of piperidine rings is 1. The van der Waals surface area contributed by atoms with Crippen molar-refractivity contribution in [3.05, 3.63) is 23.8 Å². The minimum absolute atomic E-state index is 0.278. The molecule has 0 spiro atoms. The van der Waals surface area contributed by atoms with Gasteiger partial charge in [0.2, 0.25) is 10.0 Å². The van der Waals surface area contributed by atoms with E-state index in [0.29, 0.717) is 17.8 Å². The van der Waals surface area contributed by atoms with Crippen LogP contribution >= 0.6 is 0 Å². The van der Waals surface area contributed by atoms with Crippen molar-refractivity contribution >= 4 is 15.7 Å². The quantitative estimate of drug-likeness (QED) is 0.620. The fraction of sp³-hybridized carbons (Fsp3) is 0.600.